The lowest BCUT2D eigenvalue weighted by Crippen LogP contribution is -2.44. The van der Waals surface area contributed by atoms with Crippen LogP contribution in [-0.2, 0) is 0 Å². The summed E-state index contributed by atoms with van der Waals surface area (Å²) in [7, 11) is 0. The minimum atomic E-state index is 0.433. The maximum absolute atomic E-state index is 3.80. The minimum Gasteiger partial charge on any atom is -0.307 e. The molecule has 1 heterocycles. The van der Waals surface area contributed by atoms with Gasteiger partial charge in [0.25, 0.3) is 0 Å². The van der Waals surface area contributed by atoms with Gasteiger partial charge in [0, 0.05) is 18.6 Å². The van der Waals surface area contributed by atoms with Crippen molar-refractivity contribution in [2.75, 3.05) is 19.6 Å². The molecule has 0 radical (unpaired) electrons. The number of benzene rings is 1. The molecular weight excluding hydrogens is 244 g/mol. The highest BCUT2D eigenvalue weighted by Gasteiger charge is 2.24. The SMILES string of the molecule is CCN1CCCC(C(C)N[C@H](C)c2ccc(C)cc2)C1. The largest absolute Gasteiger partial charge is 0.307 e. The van der Waals surface area contributed by atoms with Crippen molar-refractivity contribution >= 4 is 0 Å². The van der Waals surface area contributed by atoms with Crippen molar-refractivity contribution in [2.45, 2.75) is 52.6 Å². The summed E-state index contributed by atoms with van der Waals surface area (Å²) in [6.07, 6.45) is 2.72. The number of nitrogens with zero attached hydrogens (tertiary/aromatic N) is 1. The van der Waals surface area contributed by atoms with Crippen LogP contribution in [0.1, 0.15) is 50.8 Å². The third kappa shape index (κ3) is 4.07. The van der Waals surface area contributed by atoms with E-state index in [-0.39, 0.29) is 0 Å². The second kappa shape index (κ2) is 7.24. The van der Waals surface area contributed by atoms with Gasteiger partial charge in [-0.25, -0.2) is 0 Å². The van der Waals surface area contributed by atoms with E-state index in [0.717, 1.165) is 5.92 Å². The Morgan fingerprint density at radius 1 is 1.25 bits per heavy atom. The van der Waals surface area contributed by atoms with Crippen LogP contribution in [0.2, 0.25) is 0 Å². The lowest BCUT2D eigenvalue weighted by molar-refractivity contribution is 0.153. The van der Waals surface area contributed by atoms with Crippen molar-refractivity contribution < 1.29 is 0 Å². The Labute approximate surface area is 124 Å². The van der Waals surface area contributed by atoms with Gasteiger partial charge in [0.05, 0.1) is 0 Å². The molecule has 1 aromatic carbocycles. The van der Waals surface area contributed by atoms with E-state index >= 15 is 0 Å². The van der Waals surface area contributed by atoms with Crippen molar-refractivity contribution in [1.29, 1.82) is 0 Å². The first-order valence-electron chi connectivity index (χ1n) is 8.15. The fourth-order valence-electron chi connectivity index (χ4n) is 3.27. The molecule has 20 heavy (non-hydrogen) atoms. The second-order valence-electron chi connectivity index (χ2n) is 6.38. The maximum atomic E-state index is 3.80. The van der Waals surface area contributed by atoms with Crippen LogP contribution < -0.4 is 5.32 Å². The smallest absolute Gasteiger partial charge is 0.0294 e. The van der Waals surface area contributed by atoms with E-state index in [4.69, 9.17) is 0 Å². The minimum absolute atomic E-state index is 0.433. The third-order valence-corrected chi connectivity index (χ3v) is 4.79. The van der Waals surface area contributed by atoms with Crippen molar-refractivity contribution in [2.24, 2.45) is 5.92 Å². The summed E-state index contributed by atoms with van der Waals surface area (Å²) in [6.45, 7) is 12.8. The molecule has 1 aliphatic rings. The molecular formula is C18H30N2. The highest BCUT2D eigenvalue weighted by atomic mass is 15.1. The van der Waals surface area contributed by atoms with E-state index in [1.807, 2.05) is 0 Å². The fourth-order valence-corrected chi connectivity index (χ4v) is 3.27. The molecule has 0 saturated carbocycles. The first kappa shape index (κ1) is 15.5. The van der Waals surface area contributed by atoms with Crippen molar-refractivity contribution in [3.63, 3.8) is 0 Å². The van der Waals surface area contributed by atoms with Crippen LogP contribution in [0, 0.1) is 12.8 Å². The average Bonchev–Trinajstić information content (AvgIpc) is 2.47. The average molecular weight is 274 g/mol. The molecule has 112 valence electrons. The second-order valence-corrected chi connectivity index (χ2v) is 6.38. The molecule has 2 heteroatoms. The van der Waals surface area contributed by atoms with Crippen molar-refractivity contribution in [3.8, 4) is 0 Å². The Hall–Kier alpha value is -0.860. The molecule has 1 N–H and O–H groups in total. The molecule has 1 fully saturated rings. The van der Waals surface area contributed by atoms with Crippen LogP contribution in [0.4, 0.5) is 0 Å². The Bertz CT molecular complexity index is 398. The standard InChI is InChI=1S/C18H30N2/c1-5-20-12-6-7-18(13-20)16(4)19-15(3)17-10-8-14(2)9-11-17/h8-11,15-16,18-19H,5-7,12-13H2,1-4H3/t15-,16?,18?/m1/s1. The Morgan fingerprint density at radius 3 is 2.60 bits per heavy atom. The van der Waals surface area contributed by atoms with Crippen molar-refractivity contribution in [3.05, 3.63) is 35.4 Å². The molecule has 2 nitrogen and oxygen atoms in total. The summed E-state index contributed by atoms with van der Waals surface area (Å²) in [5, 5.41) is 3.80. The summed E-state index contributed by atoms with van der Waals surface area (Å²) in [4.78, 5) is 2.59. The lowest BCUT2D eigenvalue weighted by atomic mass is 9.90. The van der Waals surface area contributed by atoms with E-state index in [9.17, 15) is 0 Å². The molecule has 0 aromatic heterocycles. The quantitative estimate of drug-likeness (QED) is 0.879. The fraction of sp³-hybridized carbons (Fsp3) is 0.667. The van der Waals surface area contributed by atoms with Gasteiger partial charge in [0.2, 0.25) is 0 Å². The molecule has 3 atom stereocenters. The van der Waals surface area contributed by atoms with Gasteiger partial charge in [-0.1, -0.05) is 36.8 Å². The summed E-state index contributed by atoms with van der Waals surface area (Å²) < 4.78 is 0. The Kier molecular flexibility index (Phi) is 5.62. The first-order chi connectivity index (χ1) is 9.60. The number of piperidine rings is 1. The van der Waals surface area contributed by atoms with Crippen LogP contribution in [0.25, 0.3) is 0 Å². The highest BCUT2D eigenvalue weighted by Crippen LogP contribution is 2.22. The molecule has 0 bridgehead atoms. The summed E-state index contributed by atoms with van der Waals surface area (Å²) in [5.74, 6) is 0.789. The van der Waals surface area contributed by atoms with Gasteiger partial charge in [-0.3, -0.25) is 0 Å². The van der Waals surface area contributed by atoms with E-state index in [1.54, 1.807) is 0 Å². The van der Waals surface area contributed by atoms with Crippen LogP contribution >= 0.6 is 0 Å². The van der Waals surface area contributed by atoms with Crippen LogP contribution in [0.5, 0.6) is 0 Å². The van der Waals surface area contributed by atoms with Crippen LogP contribution in [-0.4, -0.2) is 30.6 Å². The Balaban J connectivity index is 1.89. The number of nitrogens with one attached hydrogen (secondary N) is 1. The normalized spacial score (nSPS) is 23.5. The predicted molar refractivity (Wildman–Crippen MR) is 87.0 cm³/mol. The third-order valence-electron chi connectivity index (χ3n) is 4.79. The van der Waals surface area contributed by atoms with Gasteiger partial charge in [0.1, 0.15) is 0 Å². The van der Waals surface area contributed by atoms with Gasteiger partial charge in [0.15, 0.2) is 0 Å². The molecule has 2 rings (SSSR count). The van der Waals surface area contributed by atoms with E-state index < -0.39 is 0 Å². The number of hydrogen-bond donors (Lipinski definition) is 1. The number of rotatable bonds is 5. The number of hydrogen-bond acceptors (Lipinski definition) is 2. The zero-order valence-electron chi connectivity index (χ0n) is 13.5. The van der Waals surface area contributed by atoms with Gasteiger partial charge in [-0.15, -0.1) is 0 Å². The van der Waals surface area contributed by atoms with Crippen molar-refractivity contribution in [1.82, 2.24) is 10.2 Å². The molecule has 1 saturated heterocycles. The summed E-state index contributed by atoms with van der Waals surface area (Å²) in [5.41, 5.74) is 2.73. The highest BCUT2D eigenvalue weighted by molar-refractivity contribution is 5.23. The van der Waals surface area contributed by atoms with Gasteiger partial charge in [-0.2, -0.15) is 0 Å². The zero-order chi connectivity index (χ0) is 14.5. The molecule has 1 aromatic rings. The molecule has 1 aliphatic heterocycles. The molecule has 0 amide bonds. The molecule has 0 aliphatic carbocycles. The number of likely N-dealkylation sites (tertiary alicyclic amines) is 1. The summed E-state index contributed by atoms with van der Waals surface area (Å²) in [6, 6.07) is 9.93. The zero-order valence-corrected chi connectivity index (χ0v) is 13.5. The Morgan fingerprint density at radius 2 is 1.95 bits per heavy atom. The maximum Gasteiger partial charge on any atom is 0.0294 e. The first-order valence-corrected chi connectivity index (χ1v) is 8.15. The predicted octanol–water partition coefficient (Wildman–Crippen LogP) is 3.77. The van der Waals surface area contributed by atoms with E-state index in [1.165, 1.54) is 43.6 Å². The van der Waals surface area contributed by atoms with E-state index in [0.29, 0.717) is 12.1 Å². The van der Waals surface area contributed by atoms with Crippen LogP contribution in [0.15, 0.2) is 24.3 Å². The van der Waals surface area contributed by atoms with Gasteiger partial charge < -0.3 is 10.2 Å². The number of aryl methyl sites for hydroxylation is 1. The molecule has 0 spiro atoms. The lowest BCUT2D eigenvalue weighted by Gasteiger charge is -2.36. The topological polar surface area (TPSA) is 15.3 Å². The van der Waals surface area contributed by atoms with Crippen LogP contribution in [0.3, 0.4) is 0 Å². The van der Waals surface area contributed by atoms with Gasteiger partial charge >= 0.3 is 0 Å². The molecule has 2 unspecified atom stereocenters. The monoisotopic (exact) mass is 274 g/mol. The summed E-state index contributed by atoms with van der Waals surface area (Å²) >= 11 is 0. The van der Waals surface area contributed by atoms with E-state index in [2.05, 4.69) is 62.2 Å². The van der Waals surface area contributed by atoms with Gasteiger partial charge in [-0.05, 0) is 58.2 Å².